The predicted octanol–water partition coefficient (Wildman–Crippen LogP) is 2.66. The maximum atomic E-state index is 13.5. The second kappa shape index (κ2) is 4.82. The van der Waals surface area contributed by atoms with Crippen molar-refractivity contribution in [2.75, 3.05) is 26.1 Å². The zero-order chi connectivity index (χ0) is 19.1. The molecule has 0 aromatic heterocycles. The van der Waals surface area contributed by atoms with Gasteiger partial charge in [0.15, 0.2) is 0 Å². The van der Waals surface area contributed by atoms with E-state index < -0.39 is 18.3 Å². The van der Waals surface area contributed by atoms with E-state index in [2.05, 4.69) is 4.90 Å². The largest absolute Gasteiger partial charge is 0.333 e. The minimum absolute atomic E-state index is 0.00309. The van der Waals surface area contributed by atoms with Crippen molar-refractivity contribution < 1.29 is 11.6 Å². The molecule has 3 nitrogen and oxygen atoms in total. The highest BCUT2D eigenvalue weighted by molar-refractivity contribution is 5.97. The lowest BCUT2D eigenvalue weighted by molar-refractivity contribution is 0.00258. The summed E-state index contributed by atoms with van der Waals surface area (Å²) in [5.74, 6) is -0.636. The van der Waals surface area contributed by atoms with Crippen molar-refractivity contribution in [2.24, 2.45) is 5.92 Å². The second-order valence-electron chi connectivity index (χ2n) is 7.10. The number of fused-ring (bicyclic) bond motifs is 3. The van der Waals surface area contributed by atoms with E-state index in [1.54, 1.807) is 0 Å². The molecule has 0 saturated carbocycles. The number of carbonyl (C=O) groups excluding carboxylic acids is 1. The third-order valence-electron chi connectivity index (χ3n) is 5.94. The summed E-state index contributed by atoms with van der Waals surface area (Å²) in [6.45, 7) is 0.908. The van der Waals surface area contributed by atoms with Crippen LogP contribution in [0.25, 0.3) is 0 Å². The van der Waals surface area contributed by atoms with Gasteiger partial charge < -0.3 is 9.80 Å². The Morgan fingerprint density at radius 2 is 2.09 bits per heavy atom. The number of piperidine rings is 3. The van der Waals surface area contributed by atoms with E-state index in [0.29, 0.717) is 36.4 Å². The Hall–Kier alpha value is -1.35. The lowest BCUT2D eigenvalue weighted by Gasteiger charge is -2.51. The van der Waals surface area contributed by atoms with Crippen molar-refractivity contribution in [3.05, 3.63) is 34.8 Å². The van der Waals surface area contributed by atoms with Crippen molar-refractivity contribution in [3.63, 3.8) is 0 Å². The summed E-state index contributed by atoms with van der Waals surface area (Å²) in [4.78, 5) is 17.3. The van der Waals surface area contributed by atoms with Crippen LogP contribution < -0.4 is 0 Å². The highest BCUT2D eigenvalue weighted by Gasteiger charge is 2.43. The first-order chi connectivity index (χ1) is 12.8. The number of carbonyl (C=O) groups is 1. The topological polar surface area (TPSA) is 23.6 Å². The van der Waals surface area contributed by atoms with Crippen LogP contribution in [-0.2, 0) is 6.42 Å². The summed E-state index contributed by atoms with van der Waals surface area (Å²) in [6.07, 6.45) is 3.93. The molecule has 2 atom stereocenters. The fourth-order valence-corrected chi connectivity index (χ4v) is 4.78. The highest BCUT2D eigenvalue weighted by atomic mass is 16.2. The van der Waals surface area contributed by atoms with Crippen LogP contribution in [0.3, 0.4) is 0 Å². The third kappa shape index (κ3) is 1.81. The first-order valence-electron chi connectivity index (χ1n) is 11.0. The van der Waals surface area contributed by atoms with E-state index in [1.807, 2.05) is 0 Å². The number of rotatable bonds is 1. The van der Waals surface area contributed by atoms with Gasteiger partial charge >= 0.3 is 0 Å². The minimum Gasteiger partial charge on any atom is -0.333 e. The molecule has 4 heterocycles. The second-order valence-corrected chi connectivity index (χ2v) is 7.10. The molecule has 1 aromatic carbocycles. The summed E-state index contributed by atoms with van der Waals surface area (Å²) in [7, 11) is 0. The van der Waals surface area contributed by atoms with Crippen molar-refractivity contribution >= 4 is 5.91 Å². The van der Waals surface area contributed by atoms with Crippen LogP contribution in [0.1, 0.15) is 59.9 Å². The van der Waals surface area contributed by atoms with Crippen molar-refractivity contribution in [3.8, 4) is 0 Å². The molecule has 6 rings (SSSR count). The van der Waals surface area contributed by atoms with E-state index in [1.165, 1.54) is 4.90 Å². The molecular weight excluding hydrogens is 272 g/mol. The van der Waals surface area contributed by atoms with Gasteiger partial charge in [-0.1, -0.05) is 12.1 Å². The van der Waals surface area contributed by atoms with Crippen molar-refractivity contribution in [2.45, 2.75) is 44.1 Å². The maximum absolute atomic E-state index is 13.5. The fourth-order valence-electron chi connectivity index (χ4n) is 4.78. The van der Waals surface area contributed by atoms with Crippen LogP contribution in [0.4, 0.5) is 0 Å². The van der Waals surface area contributed by atoms with E-state index in [4.69, 9.17) is 6.85 Å². The molecule has 0 unspecified atom stereocenters. The monoisotopic (exact) mass is 301 g/mol. The quantitative estimate of drug-likeness (QED) is 0.796. The SMILES string of the molecule is [2H]c1c([2H])c2c3c(c1[2H])C(=O)N([C@@H]1CN4CCC1CC4)C([2H])([2H])[C@H]3CCC2. The standard InChI is InChI=1S/C19H24N2O/c22-19-16-6-2-4-14-3-1-5-15(18(14)16)11-21(19)17-12-20-9-7-13(17)8-10-20/h2,4,6,13,15,17H,1,3,5,7-12H2/t15-,17-/m1/s1/i2D,4D,6D,11D2. The first kappa shape index (κ1) is 9.07. The molecule has 22 heavy (non-hydrogen) atoms. The fraction of sp³-hybridized carbons (Fsp3) is 0.632. The average Bonchev–Trinajstić information content (AvgIpc) is 2.66. The van der Waals surface area contributed by atoms with Crippen LogP contribution in [0.5, 0.6) is 0 Å². The number of hydrogen-bond donors (Lipinski definition) is 0. The molecule has 2 bridgehead atoms. The zero-order valence-electron chi connectivity index (χ0n) is 17.7. The molecule has 3 fully saturated rings. The predicted molar refractivity (Wildman–Crippen MR) is 86.1 cm³/mol. The summed E-state index contributed by atoms with van der Waals surface area (Å²) in [5.41, 5.74) is 1.37. The molecule has 0 N–H and O–H groups in total. The van der Waals surface area contributed by atoms with Gasteiger partial charge in [0.2, 0.25) is 0 Å². The lowest BCUT2D eigenvalue weighted by Crippen LogP contribution is -2.60. The van der Waals surface area contributed by atoms with E-state index >= 15 is 0 Å². The molecule has 1 aliphatic carbocycles. The maximum Gasteiger partial charge on any atom is 0.254 e. The Morgan fingerprint density at radius 3 is 2.86 bits per heavy atom. The molecule has 0 radical (unpaired) electrons. The minimum atomic E-state index is -1.81. The van der Waals surface area contributed by atoms with Gasteiger partial charge in [0.1, 0.15) is 0 Å². The molecular formula is C19H24N2O. The molecule has 116 valence electrons. The smallest absolute Gasteiger partial charge is 0.254 e. The Morgan fingerprint density at radius 1 is 1.23 bits per heavy atom. The van der Waals surface area contributed by atoms with Crippen LogP contribution in [-0.4, -0.2) is 47.9 Å². The van der Waals surface area contributed by atoms with Gasteiger partial charge in [0.25, 0.3) is 5.91 Å². The average molecular weight is 301 g/mol. The molecule has 4 aliphatic heterocycles. The molecule has 3 saturated heterocycles. The van der Waals surface area contributed by atoms with Gasteiger partial charge in [-0.25, -0.2) is 0 Å². The number of benzene rings is 1. The van der Waals surface area contributed by atoms with Crippen LogP contribution in [0, 0.1) is 5.92 Å². The van der Waals surface area contributed by atoms with E-state index in [-0.39, 0.29) is 29.7 Å². The summed E-state index contributed by atoms with van der Waals surface area (Å²) in [5, 5.41) is 0. The molecule has 3 heteroatoms. The molecule has 1 aromatic rings. The van der Waals surface area contributed by atoms with Gasteiger partial charge in [-0.15, -0.1) is 0 Å². The number of nitrogens with zero attached hydrogens (tertiary/aromatic N) is 2. The van der Waals surface area contributed by atoms with Crippen LogP contribution >= 0.6 is 0 Å². The van der Waals surface area contributed by atoms with Gasteiger partial charge in [-0.2, -0.15) is 0 Å². The summed E-state index contributed by atoms with van der Waals surface area (Å²) in [6, 6.07) is -0.562. The van der Waals surface area contributed by atoms with E-state index in [9.17, 15) is 4.79 Å². The van der Waals surface area contributed by atoms with Crippen molar-refractivity contribution in [1.29, 1.82) is 0 Å². The Bertz CT molecular complexity index is 834. The van der Waals surface area contributed by atoms with Gasteiger partial charge in [-0.05, 0) is 68.3 Å². The van der Waals surface area contributed by atoms with Crippen LogP contribution in [0.2, 0.25) is 0 Å². The van der Waals surface area contributed by atoms with Gasteiger partial charge in [0.05, 0.1) is 6.85 Å². The molecule has 1 amide bonds. The molecule has 0 spiro atoms. The summed E-state index contributed by atoms with van der Waals surface area (Å²) >= 11 is 0. The summed E-state index contributed by atoms with van der Waals surface area (Å²) < 4.78 is 42.6. The zero-order valence-corrected chi connectivity index (χ0v) is 12.7. The first-order valence-corrected chi connectivity index (χ1v) is 8.51. The van der Waals surface area contributed by atoms with E-state index in [0.717, 1.165) is 32.4 Å². The molecule has 5 aliphatic rings. The lowest BCUT2D eigenvalue weighted by atomic mass is 9.75. The van der Waals surface area contributed by atoms with Crippen LogP contribution in [0.15, 0.2) is 18.1 Å². The normalized spacial score (nSPS) is 41.9. The number of amides is 1. The highest BCUT2D eigenvalue weighted by Crippen LogP contribution is 2.41. The Balaban J connectivity index is 1.70. The van der Waals surface area contributed by atoms with Gasteiger partial charge in [0, 0.05) is 30.6 Å². The Kier molecular flexibility index (Phi) is 1.99. The van der Waals surface area contributed by atoms with Gasteiger partial charge in [-0.3, -0.25) is 4.79 Å². The third-order valence-corrected chi connectivity index (χ3v) is 5.94. The number of hydrogen-bond acceptors (Lipinski definition) is 2. The Labute approximate surface area is 139 Å². The van der Waals surface area contributed by atoms with Crippen molar-refractivity contribution in [1.82, 2.24) is 9.80 Å².